The number of ether oxygens (including phenoxy) is 1. The fourth-order valence-electron chi connectivity index (χ4n) is 3.01. The quantitative estimate of drug-likeness (QED) is 0.802. The first kappa shape index (κ1) is 19.7. The normalized spacial score (nSPS) is 14.1. The van der Waals surface area contributed by atoms with Crippen LogP contribution < -0.4 is 10.2 Å². The summed E-state index contributed by atoms with van der Waals surface area (Å²) in [5.74, 6) is -1.18. The van der Waals surface area contributed by atoms with Crippen molar-refractivity contribution >= 4 is 23.3 Å². The van der Waals surface area contributed by atoms with Gasteiger partial charge in [-0.25, -0.2) is 4.79 Å². The first-order valence-corrected chi connectivity index (χ1v) is 8.61. The number of rotatable bonds is 4. The summed E-state index contributed by atoms with van der Waals surface area (Å²) < 4.78 is 42.6. The molecule has 2 heterocycles. The standard InChI is InChI=1S/C19H18F3N3O3/c1-28-18(27)12-4-6-15(25-8-2-3-9-25)14(10-12)24-17(26)13-5-7-16(23-11-13)19(20,21)22/h4-7,10-11H,2-3,8-9H2,1H3,(H,24,26). The van der Waals surface area contributed by atoms with Crippen molar-refractivity contribution in [1.29, 1.82) is 0 Å². The van der Waals surface area contributed by atoms with Crippen LogP contribution in [0.5, 0.6) is 0 Å². The summed E-state index contributed by atoms with van der Waals surface area (Å²) in [6, 6.07) is 6.63. The second-order valence-corrected chi connectivity index (χ2v) is 6.30. The van der Waals surface area contributed by atoms with E-state index in [2.05, 4.69) is 15.2 Å². The number of methoxy groups -OCH3 is 1. The Hall–Kier alpha value is -3.10. The van der Waals surface area contributed by atoms with Crippen molar-refractivity contribution in [2.75, 3.05) is 30.4 Å². The van der Waals surface area contributed by atoms with Gasteiger partial charge < -0.3 is 15.0 Å². The van der Waals surface area contributed by atoms with E-state index in [0.717, 1.165) is 49.9 Å². The number of nitrogens with zero attached hydrogens (tertiary/aromatic N) is 2. The van der Waals surface area contributed by atoms with Gasteiger partial charge in [-0.3, -0.25) is 9.78 Å². The van der Waals surface area contributed by atoms with Crippen LogP contribution in [-0.2, 0) is 10.9 Å². The van der Waals surface area contributed by atoms with E-state index in [1.54, 1.807) is 12.1 Å². The number of hydrogen-bond donors (Lipinski definition) is 1. The van der Waals surface area contributed by atoms with Gasteiger partial charge in [-0.2, -0.15) is 13.2 Å². The molecule has 1 saturated heterocycles. The number of benzene rings is 1. The predicted molar refractivity (Wildman–Crippen MR) is 96.4 cm³/mol. The predicted octanol–water partition coefficient (Wildman–Crippen LogP) is 3.74. The highest BCUT2D eigenvalue weighted by atomic mass is 19.4. The first-order valence-electron chi connectivity index (χ1n) is 8.61. The highest BCUT2D eigenvalue weighted by Gasteiger charge is 2.32. The van der Waals surface area contributed by atoms with Crippen molar-refractivity contribution in [2.45, 2.75) is 19.0 Å². The second kappa shape index (κ2) is 7.87. The van der Waals surface area contributed by atoms with Gasteiger partial charge in [0.25, 0.3) is 5.91 Å². The van der Waals surface area contributed by atoms with E-state index in [4.69, 9.17) is 4.74 Å². The van der Waals surface area contributed by atoms with E-state index in [9.17, 15) is 22.8 Å². The minimum Gasteiger partial charge on any atom is -0.465 e. The van der Waals surface area contributed by atoms with Crippen LogP contribution in [0.15, 0.2) is 36.5 Å². The maximum atomic E-state index is 12.6. The Morgan fingerprint density at radius 3 is 2.36 bits per heavy atom. The van der Waals surface area contributed by atoms with Crippen molar-refractivity contribution < 1.29 is 27.5 Å². The fourth-order valence-corrected chi connectivity index (χ4v) is 3.01. The molecule has 1 N–H and O–H groups in total. The molecule has 148 valence electrons. The lowest BCUT2D eigenvalue weighted by Gasteiger charge is -2.22. The van der Waals surface area contributed by atoms with E-state index < -0.39 is 23.7 Å². The topological polar surface area (TPSA) is 71.5 Å². The maximum absolute atomic E-state index is 12.6. The Labute approximate surface area is 159 Å². The third-order valence-electron chi connectivity index (χ3n) is 4.43. The Bertz CT molecular complexity index is 876. The average molecular weight is 393 g/mol. The molecule has 0 aliphatic carbocycles. The number of alkyl halides is 3. The smallest absolute Gasteiger partial charge is 0.433 e. The summed E-state index contributed by atoms with van der Waals surface area (Å²) in [5, 5.41) is 2.67. The zero-order valence-corrected chi connectivity index (χ0v) is 15.0. The number of anilines is 2. The zero-order chi connectivity index (χ0) is 20.3. The van der Waals surface area contributed by atoms with Gasteiger partial charge in [0.15, 0.2) is 0 Å². The lowest BCUT2D eigenvalue weighted by atomic mass is 10.1. The van der Waals surface area contributed by atoms with E-state index in [0.29, 0.717) is 5.69 Å². The van der Waals surface area contributed by atoms with Gasteiger partial charge in [0.05, 0.1) is 29.6 Å². The van der Waals surface area contributed by atoms with E-state index in [1.807, 2.05) is 0 Å². The van der Waals surface area contributed by atoms with Gasteiger partial charge in [-0.05, 0) is 43.2 Å². The van der Waals surface area contributed by atoms with Gasteiger partial charge in [-0.1, -0.05) is 0 Å². The summed E-state index contributed by atoms with van der Waals surface area (Å²) in [7, 11) is 1.25. The van der Waals surface area contributed by atoms with E-state index in [-0.39, 0.29) is 11.1 Å². The lowest BCUT2D eigenvalue weighted by Crippen LogP contribution is -2.22. The van der Waals surface area contributed by atoms with E-state index >= 15 is 0 Å². The van der Waals surface area contributed by atoms with Crippen LogP contribution in [0, 0.1) is 0 Å². The lowest BCUT2D eigenvalue weighted by molar-refractivity contribution is -0.141. The van der Waals surface area contributed by atoms with Crippen LogP contribution in [0.4, 0.5) is 24.5 Å². The molecule has 1 fully saturated rings. The Kier molecular flexibility index (Phi) is 5.53. The number of pyridine rings is 1. The molecule has 0 bridgehead atoms. The van der Waals surface area contributed by atoms with Gasteiger partial charge in [0.1, 0.15) is 5.69 Å². The molecule has 9 heteroatoms. The van der Waals surface area contributed by atoms with Crippen LogP contribution in [0.3, 0.4) is 0 Å². The first-order chi connectivity index (χ1) is 13.3. The van der Waals surface area contributed by atoms with Crippen molar-refractivity contribution in [2.24, 2.45) is 0 Å². The van der Waals surface area contributed by atoms with Gasteiger partial charge in [-0.15, -0.1) is 0 Å². The van der Waals surface area contributed by atoms with Crippen LogP contribution in [-0.4, -0.2) is 37.1 Å². The minimum absolute atomic E-state index is 0.0242. The maximum Gasteiger partial charge on any atom is 0.433 e. The van der Waals surface area contributed by atoms with Gasteiger partial charge in [0, 0.05) is 19.3 Å². The molecule has 3 rings (SSSR count). The molecule has 2 aromatic rings. The highest BCUT2D eigenvalue weighted by molar-refractivity contribution is 6.06. The van der Waals surface area contributed by atoms with Crippen molar-refractivity contribution in [1.82, 2.24) is 4.98 Å². The number of amides is 1. The Morgan fingerprint density at radius 2 is 1.79 bits per heavy atom. The van der Waals surface area contributed by atoms with Crippen molar-refractivity contribution in [3.63, 3.8) is 0 Å². The SMILES string of the molecule is COC(=O)c1ccc(N2CCCC2)c(NC(=O)c2ccc(C(F)(F)F)nc2)c1. The summed E-state index contributed by atoms with van der Waals surface area (Å²) in [5.41, 5.74) is 0.276. The Balaban J connectivity index is 1.88. The molecule has 28 heavy (non-hydrogen) atoms. The van der Waals surface area contributed by atoms with Crippen molar-refractivity contribution in [3.8, 4) is 0 Å². The van der Waals surface area contributed by atoms with Crippen LogP contribution >= 0.6 is 0 Å². The molecule has 1 aliphatic heterocycles. The number of carbonyl (C=O) groups is 2. The number of halogens is 3. The zero-order valence-electron chi connectivity index (χ0n) is 15.0. The highest BCUT2D eigenvalue weighted by Crippen LogP contribution is 2.31. The summed E-state index contributed by atoms with van der Waals surface area (Å²) in [6.45, 7) is 1.62. The van der Waals surface area contributed by atoms with Gasteiger partial charge in [0.2, 0.25) is 0 Å². The van der Waals surface area contributed by atoms with Crippen LogP contribution in [0.2, 0.25) is 0 Å². The largest absolute Gasteiger partial charge is 0.465 e. The molecule has 1 aromatic heterocycles. The van der Waals surface area contributed by atoms with Crippen molar-refractivity contribution in [3.05, 3.63) is 53.3 Å². The molecule has 1 amide bonds. The third kappa shape index (κ3) is 4.24. The van der Waals surface area contributed by atoms with Crippen LogP contribution in [0.1, 0.15) is 39.3 Å². The molecule has 0 atom stereocenters. The van der Waals surface area contributed by atoms with E-state index in [1.165, 1.54) is 13.2 Å². The third-order valence-corrected chi connectivity index (χ3v) is 4.43. The Morgan fingerprint density at radius 1 is 1.11 bits per heavy atom. The molecule has 0 spiro atoms. The number of nitrogens with one attached hydrogen (secondary N) is 1. The monoisotopic (exact) mass is 393 g/mol. The molecular weight excluding hydrogens is 375 g/mol. The number of carbonyl (C=O) groups excluding carboxylic acids is 2. The summed E-state index contributed by atoms with van der Waals surface area (Å²) >= 11 is 0. The van der Waals surface area contributed by atoms with Crippen LogP contribution in [0.25, 0.3) is 0 Å². The number of aromatic nitrogens is 1. The second-order valence-electron chi connectivity index (χ2n) is 6.30. The summed E-state index contributed by atoms with van der Waals surface area (Å²) in [6.07, 6.45) is -1.69. The molecule has 1 aromatic carbocycles. The minimum atomic E-state index is -4.58. The molecule has 0 radical (unpaired) electrons. The molecule has 0 unspecified atom stereocenters. The molecule has 6 nitrogen and oxygen atoms in total. The molecule has 0 saturated carbocycles. The summed E-state index contributed by atoms with van der Waals surface area (Å²) in [4.78, 5) is 29.7. The fraction of sp³-hybridized carbons (Fsp3) is 0.316. The number of esters is 1. The van der Waals surface area contributed by atoms with Gasteiger partial charge >= 0.3 is 12.1 Å². The number of hydrogen-bond acceptors (Lipinski definition) is 5. The molecular formula is C19H18F3N3O3. The average Bonchev–Trinajstić information content (AvgIpc) is 3.21. The molecule has 1 aliphatic rings.